The van der Waals surface area contributed by atoms with E-state index in [4.69, 9.17) is 0 Å². The molecule has 0 amide bonds. The fourth-order valence-corrected chi connectivity index (χ4v) is 3.16. The summed E-state index contributed by atoms with van der Waals surface area (Å²) >= 11 is 5.14. The predicted molar refractivity (Wildman–Crippen MR) is 86.7 cm³/mol. The molecule has 0 aliphatic heterocycles. The van der Waals surface area contributed by atoms with Crippen molar-refractivity contribution in [3.8, 4) is 6.07 Å². The topological polar surface area (TPSA) is 48.7 Å². The standard InChI is InChI=1S/C15H20BrN3S/c1-2-15(11-17,19-13-5-6-13)8-3-9-20-14-7-4-12(16)10-18-14/h4,7,10,13,19H,2-3,5-6,8-9H2,1H3. The molecule has 1 aromatic heterocycles. The average Bonchev–Trinajstić information content (AvgIpc) is 3.28. The number of nitrogens with zero attached hydrogens (tertiary/aromatic N) is 2. The molecular weight excluding hydrogens is 334 g/mol. The molecule has 3 nitrogen and oxygen atoms in total. The van der Waals surface area contributed by atoms with Crippen LogP contribution < -0.4 is 5.32 Å². The number of aromatic nitrogens is 1. The Balaban J connectivity index is 1.75. The zero-order valence-corrected chi connectivity index (χ0v) is 14.1. The van der Waals surface area contributed by atoms with Crippen LogP contribution in [0.15, 0.2) is 27.8 Å². The van der Waals surface area contributed by atoms with Crippen molar-refractivity contribution in [2.75, 3.05) is 5.75 Å². The summed E-state index contributed by atoms with van der Waals surface area (Å²) in [7, 11) is 0. The van der Waals surface area contributed by atoms with Gasteiger partial charge in [0.2, 0.25) is 0 Å². The number of nitrogens with one attached hydrogen (secondary N) is 1. The van der Waals surface area contributed by atoms with Gasteiger partial charge in [-0.1, -0.05) is 6.92 Å². The van der Waals surface area contributed by atoms with Gasteiger partial charge in [-0.2, -0.15) is 5.26 Å². The zero-order valence-electron chi connectivity index (χ0n) is 11.7. The molecule has 1 fully saturated rings. The Kier molecular flexibility index (Phi) is 5.88. The van der Waals surface area contributed by atoms with Crippen LogP contribution >= 0.6 is 27.7 Å². The van der Waals surface area contributed by atoms with Gasteiger partial charge in [0, 0.05) is 16.7 Å². The number of hydrogen-bond donors (Lipinski definition) is 1. The monoisotopic (exact) mass is 353 g/mol. The molecular formula is C15H20BrN3S. The Morgan fingerprint density at radius 2 is 2.35 bits per heavy atom. The highest BCUT2D eigenvalue weighted by molar-refractivity contribution is 9.10. The minimum Gasteiger partial charge on any atom is -0.297 e. The maximum absolute atomic E-state index is 9.46. The van der Waals surface area contributed by atoms with Gasteiger partial charge < -0.3 is 0 Å². The van der Waals surface area contributed by atoms with E-state index in [2.05, 4.69) is 39.2 Å². The number of pyridine rings is 1. The van der Waals surface area contributed by atoms with Crippen LogP contribution in [0.5, 0.6) is 0 Å². The number of nitriles is 1. The SMILES string of the molecule is CCC(C#N)(CCCSc1ccc(Br)cn1)NC1CC1. The number of rotatable bonds is 8. The van der Waals surface area contributed by atoms with E-state index in [0.29, 0.717) is 6.04 Å². The molecule has 0 aromatic carbocycles. The van der Waals surface area contributed by atoms with E-state index in [1.54, 1.807) is 11.8 Å². The van der Waals surface area contributed by atoms with Gasteiger partial charge in [-0.3, -0.25) is 5.32 Å². The maximum atomic E-state index is 9.46. The van der Waals surface area contributed by atoms with Gasteiger partial charge in [0.15, 0.2) is 0 Å². The second-order valence-corrected chi connectivity index (χ2v) is 7.26. The fourth-order valence-electron chi connectivity index (χ4n) is 2.13. The van der Waals surface area contributed by atoms with Crippen molar-refractivity contribution < 1.29 is 0 Å². The van der Waals surface area contributed by atoms with E-state index >= 15 is 0 Å². The molecule has 0 saturated heterocycles. The van der Waals surface area contributed by atoms with Crippen LogP contribution in [0.3, 0.4) is 0 Å². The smallest absolute Gasteiger partial charge is 0.106 e. The van der Waals surface area contributed by atoms with Crippen LogP contribution in [-0.2, 0) is 0 Å². The van der Waals surface area contributed by atoms with E-state index < -0.39 is 0 Å². The van der Waals surface area contributed by atoms with Crippen molar-refractivity contribution >= 4 is 27.7 Å². The Bertz CT molecular complexity index is 467. The summed E-state index contributed by atoms with van der Waals surface area (Å²) in [5, 5.41) is 14.0. The number of hydrogen-bond acceptors (Lipinski definition) is 4. The molecule has 1 aliphatic rings. The van der Waals surface area contributed by atoms with E-state index in [1.165, 1.54) is 12.8 Å². The van der Waals surface area contributed by atoms with Gasteiger partial charge in [0.05, 0.1) is 11.1 Å². The average molecular weight is 354 g/mol. The van der Waals surface area contributed by atoms with E-state index in [9.17, 15) is 5.26 Å². The first kappa shape index (κ1) is 15.8. The quantitative estimate of drug-likeness (QED) is 0.563. The Morgan fingerprint density at radius 1 is 1.55 bits per heavy atom. The van der Waals surface area contributed by atoms with Gasteiger partial charge in [-0.15, -0.1) is 11.8 Å². The summed E-state index contributed by atoms with van der Waals surface area (Å²) in [4.78, 5) is 4.35. The first-order valence-corrected chi connectivity index (χ1v) is 8.88. The summed E-state index contributed by atoms with van der Waals surface area (Å²) in [5.41, 5.74) is -0.325. The van der Waals surface area contributed by atoms with Gasteiger partial charge in [0.1, 0.15) is 5.54 Å². The van der Waals surface area contributed by atoms with Gasteiger partial charge in [-0.25, -0.2) is 4.98 Å². The normalized spacial score (nSPS) is 17.4. The van der Waals surface area contributed by atoms with Gasteiger partial charge in [-0.05, 0) is 65.9 Å². The van der Waals surface area contributed by atoms with Crippen molar-refractivity contribution in [3.63, 3.8) is 0 Å². The minimum atomic E-state index is -0.325. The summed E-state index contributed by atoms with van der Waals surface area (Å²) in [6, 6.07) is 7.11. The molecule has 1 N–H and O–H groups in total. The lowest BCUT2D eigenvalue weighted by Gasteiger charge is -2.26. The molecule has 0 radical (unpaired) electrons. The van der Waals surface area contributed by atoms with Gasteiger partial charge >= 0.3 is 0 Å². The van der Waals surface area contributed by atoms with Crippen LogP contribution in [0.2, 0.25) is 0 Å². The second kappa shape index (κ2) is 7.44. The van der Waals surface area contributed by atoms with Crippen molar-refractivity contribution in [3.05, 3.63) is 22.8 Å². The summed E-state index contributed by atoms with van der Waals surface area (Å²) in [6.07, 6.45) is 7.09. The van der Waals surface area contributed by atoms with E-state index in [0.717, 1.165) is 34.5 Å². The van der Waals surface area contributed by atoms with Crippen LogP contribution in [0.1, 0.15) is 39.0 Å². The second-order valence-electron chi connectivity index (χ2n) is 5.23. The lowest BCUT2D eigenvalue weighted by Crippen LogP contribution is -2.44. The fraction of sp³-hybridized carbons (Fsp3) is 0.600. The highest BCUT2D eigenvalue weighted by Crippen LogP contribution is 2.28. The highest BCUT2D eigenvalue weighted by Gasteiger charge is 2.34. The zero-order chi connectivity index (χ0) is 14.4. The minimum absolute atomic E-state index is 0.325. The lowest BCUT2D eigenvalue weighted by molar-refractivity contribution is 0.367. The van der Waals surface area contributed by atoms with Crippen molar-refractivity contribution in [1.29, 1.82) is 5.26 Å². The van der Waals surface area contributed by atoms with Crippen molar-refractivity contribution in [2.45, 2.75) is 55.6 Å². The van der Waals surface area contributed by atoms with Crippen LogP contribution in [0.25, 0.3) is 0 Å². The molecule has 108 valence electrons. The predicted octanol–water partition coefficient (Wildman–Crippen LogP) is 4.14. The molecule has 5 heteroatoms. The van der Waals surface area contributed by atoms with E-state index in [-0.39, 0.29) is 5.54 Å². The number of thioether (sulfide) groups is 1. The van der Waals surface area contributed by atoms with Gasteiger partial charge in [0.25, 0.3) is 0 Å². The number of halogens is 1. The largest absolute Gasteiger partial charge is 0.297 e. The first-order valence-electron chi connectivity index (χ1n) is 7.11. The van der Waals surface area contributed by atoms with Crippen molar-refractivity contribution in [1.82, 2.24) is 10.3 Å². The Hall–Kier alpha value is -0.570. The third-order valence-electron chi connectivity index (χ3n) is 3.57. The summed E-state index contributed by atoms with van der Waals surface area (Å²) < 4.78 is 1.00. The molecule has 20 heavy (non-hydrogen) atoms. The highest BCUT2D eigenvalue weighted by atomic mass is 79.9. The molecule has 1 aromatic rings. The van der Waals surface area contributed by atoms with Crippen LogP contribution in [-0.4, -0.2) is 22.3 Å². The molecule has 2 rings (SSSR count). The third-order valence-corrected chi connectivity index (χ3v) is 5.07. The summed E-state index contributed by atoms with van der Waals surface area (Å²) in [6.45, 7) is 2.10. The van der Waals surface area contributed by atoms with Crippen LogP contribution in [0, 0.1) is 11.3 Å². The van der Waals surface area contributed by atoms with Crippen LogP contribution in [0.4, 0.5) is 0 Å². The molecule has 1 aliphatic carbocycles. The molecule has 1 unspecified atom stereocenters. The van der Waals surface area contributed by atoms with E-state index in [1.807, 2.05) is 18.3 Å². The lowest BCUT2D eigenvalue weighted by atomic mass is 9.92. The molecule has 0 spiro atoms. The Labute approximate surface area is 133 Å². The molecule has 0 bridgehead atoms. The van der Waals surface area contributed by atoms with Crippen molar-refractivity contribution in [2.24, 2.45) is 0 Å². The molecule has 1 atom stereocenters. The third kappa shape index (κ3) is 4.76. The summed E-state index contributed by atoms with van der Waals surface area (Å²) in [5.74, 6) is 1.00. The maximum Gasteiger partial charge on any atom is 0.106 e. The molecule has 1 heterocycles. The first-order chi connectivity index (χ1) is 9.67. The molecule has 1 saturated carbocycles. The Morgan fingerprint density at radius 3 is 2.90 bits per heavy atom.